The van der Waals surface area contributed by atoms with E-state index in [1.54, 1.807) is 0 Å². The molecule has 96 valence electrons. The molecule has 0 fully saturated rings. The second kappa shape index (κ2) is 8.57. The predicted octanol–water partition coefficient (Wildman–Crippen LogP) is 2.26. The van der Waals surface area contributed by atoms with E-state index in [4.69, 9.17) is 5.73 Å². The highest BCUT2D eigenvalue weighted by atomic mass is 16.2. The number of nitrogens with zero attached hydrogens (tertiary/aromatic N) is 1. The summed E-state index contributed by atoms with van der Waals surface area (Å²) in [7, 11) is 0. The largest absolute Gasteiger partial charge is 0.343 e. The van der Waals surface area contributed by atoms with Crippen LogP contribution in [0.2, 0.25) is 0 Å². The zero-order valence-electron chi connectivity index (χ0n) is 11.3. The van der Waals surface area contributed by atoms with E-state index in [9.17, 15) is 4.79 Å². The molecule has 2 N–H and O–H groups in total. The van der Waals surface area contributed by atoms with Crippen LogP contribution in [-0.2, 0) is 4.79 Å². The minimum atomic E-state index is 0.292. The fourth-order valence-electron chi connectivity index (χ4n) is 1.80. The van der Waals surface area contributed by atoms with Gasteiger partial charge >= 0.3 is 0 Å². The highest BCUT2D eigenvalue weighted by Gasteiger charge is 2.13. The van der Waals surface area contributed by atoms with E-state index < -0.39 is 0 Å². The molecule has 0 spiro atoms. The average Bonchev–Trinajstić information content (AvgIpc) is 2.22. The molecule has 1 atom stereocenters. The van der Waals surface area contributed by atoms with E-state index in [-0.39, 0.29) is 0 Å². The summed E-state index contributed by atoms with van der Waals surface area (Å²) in [5.41, 5.74) is 5.49. The minimum Gasteiger partial charge on any atom is -0.343 e. The molecule has 16 heavy (non-hydrogen) atoms. The normalized spacial score (nSPS) is 12.9. The highest BCUT2D eigenvalue weighted by molar-refractivity contribution is 5.76. The number of carbonyl (C=O) groups excluding carboxylic acids is 1. The van der Waals surface area contributed by atoms with Crippen molar-refractivity contribution >= 4 is 5.91 Å². The maximum Gasteiger partial charge on any atom is 0.222 e. The first kappa shape index (κ1) is 15.4. The van der Waals surface area contributed by atoms with Gasteiger partial charge < -0.3 is 10.6 Å². The van der Waals surface area contributed by atoms with E-state index in [0.29, 0.717) is 24.2 Å². The van der Waals surface area contributed by atoms with Gasteiger partial charge in [0.15, 0.2) is 0 Å². The van der Waals surface area contributed by atoms with Gasteiger partial charge in [-0.2, -0.15) is 0 Å². The Morgan fingerprint density at radius 1 is 1.25 bits per heavy atom. The Kier molecular flexibility index (Phi) is 8.26. The van der Waals surface area contributed by atoms with Crippen molar-refractivity contribution in [2.24, 2.45) is 17.6 Å². The molecular weight excluding hydrogens is 200 g/mol. The second-order valence-corrected chi connectivity index (χ2v) is 5.05. The van der Waals surface area contributed by atoms with E-state index in [2.05, 4.69) is 20.8 Å². The van der Waals surface area contributed by atoms with E-state index in [1.165, 1.54) is 0 Å². The molecule has 0 saturated carbocycles. The fraction of sp³-hybridized carbons (Fsp3) is 0.923. The molecule has 1 amide bonds. The van der Waals surface area contributed by atoms with Gasteiger partial charge in [-0.1, -0.05) is 20.8 Å². The van der Waals surface area contributed by atoms with Crippen LogP contribution in [0, 0.1) is 11.8 Å². The molecule has 0 aromatic carbocycles. The van der Waals surface area contributed by atoms with Gasteiger partial charge in [-0.15, -0.1) is 0 Å². The molecule has 0 aromatic heterocycles. The van der Waals surface area contributed by atoms with Crippen molar-refractivity contribution in [3.63, 3.8) is 0 Å². The first-order valence-corrected chi connectivity index (χ1v) is 6.49. The molecule has 3 nitrogen and oxygen atoms in total. The van der Waals surface area contributed by atoms with Crippen LogP contribution >= 0.6 is 0 Å². The van der Waals surface area contributed by atoms with Crippen LogP contribution in [0.5, 0.6) is 0 Å². The first-order chi connectivity index (χ1) is 7.51. The third-order valence-electron chi connectivity index (χ3n) is 2.83. The summed E-state index contributed by atoms with van der Waals surface area (Å²) >= 11 is 0. The lowest BCUT2D eigenvalue weighted by atomic mass is 10.0. The lowest BCUT2D eigenvalue weighted by Crippen LogP contribution is -2.34. The molecule has 0 aliphatic carbocycles. The molecule has 3 heteroatoms. The lowest BCUT2D eigenvalue weighted by Gasteiger charge is -2.23. The Labute approximate surface area is 100 Å². The summed E-state index contributed by atoms with van der Waals surface area (Å²) in [6, 6.07) is 0. The summed E-state index contributed by atoms with van der Waals surface area (Å²) in [6.07, 6.45) is 2.65. The van der Waals surface area contributed by atoms with Crippen LogP contribution in [0.15, 0.2) is 0 Å². The Balaban J connectivity index is 3.92. The second-order valence-electron chi connectivity index (χ2n) is 5.05. The van der Waals surface area contributed by atoms with Crippen molar-refractivity contribution in [2.75, 3.05) is 19.6 Å². The summed E-state index contributed by atoms with van der Waals surface area (Å²) in [4.78, 5) is 13.9. The number of hydrogen-bond acceptors (Lipinski definition) is 2. The number of amides is 1. The third kappa shape index (κ3) is 6.83. The average molecular weight is 228 g/mol. The Hall–Kier alpha value is -0.570. The van der Waals surface area contributed by atoms with Crippen molar-refractivity contribution in [3.8, 4) is 0 Å². The van der Waals surface area contributed by atoms with Gasteiger partial charge in [0.05, 0.1) is 0 Å². The topological polar surface area (TPSA) is 46.3 Å². The van der Waals surface area contributed by atoms with Crippen molar-refractivity contribution < 1.29 is 4.79 Å². The van der Waals surface area contributed by atoms with Crippen molar-refractivity contribution in [2.45, 2.75) is 47.0 Å². The monoisotopic (exact) mass is 228 g/mol. The zero-order chi connectivity index (χ0) is 12.6. The van der Waals surface area contributed by atoms with Gasteiger partial charge in [0.2, 0.25) is 5.91 Å². The molecule has 0 aromatic rings. The lowest BCUT2D eigenvalue weighted by molar-refractivity contribution is -0.131. The maximum absolute atomic E-state index is 11.9. The summed E-state index contributed by atoms with van der Waals surface area (Å²) < 4.78 is 0. The van der Waals surface area contributed by atoms with Crippen LogP contribution in [0.25, 0.3) is 0 Å². The molecule has 0 aliphatic rings. The molecule has 1 unspecified atom stereocenters. The van der Waals surface area contributed by atoms with E-state index >= 15 is 0 Å². The molecule has 0 aliphatic heterocycles. The van der Waals surface area contributed by atoms with Gasteiger partial charge in [0.1, 0.15) is 0 Å². The van der Waals surface area contributed by atoms with E-state index in [0.717, 1.165) is 32.5 Å². The molecule has 0 heterocycles. The van der Waals surface area contributed by atoms with Crippen LogP contribution in [0.4, 0.5) is 0 Å². The molecule has 0 saturated heterocycles. The summed E-state index contributed by atoms with van der Waals surface area (Å²) in [5, 5.41) is 0. The van der Waals surface area contributed by atoms with E-state index in [1.807, 2.05) is 11.8 Å². The first-order valence-electron chi connectivity index (χ1n) is 6.49. The quantitative estimate of drug-likeness (QED) is 0.692. The van der Waals surface area contributed by atoms with Gasteiger partial charge in [0, 0.05) is 19.5 Å². The Bertz CT molecular complexity index is 192. The number of nitrogens with two attached hydrogens (primary N) is 1. The number of rotatable bonds is 8. The summed E-state index contributed by atoms with van der Waals surface area (Å²) in [6.45, 7) is 10.9. The third-order valence-corrected chi connectivity index (χ3v) is 2.83. The van der Waals surface area contributed by atoms with Crippen molar-refractivity contribution in [1.29, 1.82) is 0 Å². The highest BCUT2D eigenvalue weighted by Crippen LogP contribution is 2.11. The van der Waals surface area contributed by atoms with Gasteiger partial charge in [-0.05, 0) is 38.1 Å². The Morgan fingerprint density at radius 3 is 2.31 bits per heavy atom. The molecular formula is C13H28N2O. The fourth-order valence-corrected chi connectivity index (χ4v) is 1.80. The molecule has 0 rings (SSSR count). The number of hydrogen-bond donors (Lipinski definition) is 1. The molecule has 0 bridgehead atoms. The van der Waals surface area contributed by atoms with Gasteiger partial charge in [0.25, 0.3) is 0 Å². The maximum atomic E-state index is 11.9. The van der Waals surface area contributed by atoms with Crippen LogP contribution in [0.1, 0.15) is 47.0 Å². The van der Waals surface area contributed by atoms with Crippen molar-refractivity contribution in [3.05, 3.63) is 0 Å². The predicted molar refractivity (Wildman–Crippen MR) is 69.2 cm³/mol. The minimum absolute atomic E-state index is 0.292. The Morgan fingerprint density at radius 2 is 1.88 bits per heavy atom. The SMILES string of the molecule is CCN(CC(C)C)C(=O)CCC(C)CCN. The summed E-state index contributed by atoms with van der Waals surface area (Å²) in [5.74, 6) is 1.40. The van der Waals surface area contributed by atoms with Crippen LogP contribution < -0.4 is 5.73 Å². The zero-order valence-corrected chi connectivity index (χ0v) is 11.3. The molecule has 0 radical (unpaired) electrons. The van der Waals surface area contributed by atoms with Gasteiger partial charge in [-0.3, -0.25) is 4.79 Å². The number of carbonyl (C=O) groups is 1. The van der Waals surface area contributed by atoms with Gasteiger partial charge in [-0.25, -0.2) is 0 Å². The standard InChI is InChI=1S/C13H28N2O/c1-5-15(10-11(2)3)13(16)7-6-12(4)8-9-14/h11-12H,5-10,14H2,1-4H3. The van der Waals surface area contributed by atoms with Crippen molar-refractivity contribution in [1.82, 2.24) is 4.90 Å². The van der Waals surface area contributed by atoms with Crippen LogP contribution in [-0.4, -0.2) is 30.4 Å². The van der Waals surface area contributed by atoms with Crippen LogP contribution in [0.3, 0.4) is 0 Å². The smallest absolute Gasteiger partial charge is 0.222 e.